The molecule has 5 aromatic rings. The minimum atomic E-state index is 0.377. The number of nitrogens with zero attached hydrogens (tertiary/aromatic N) is 5. The molecular formula is C24H19N5OS. The predicted octanol–water partition coefficient (Wildman–Crippen LogP) is 4.86. The van der Waals surface area contributed by atoms with Crippen LogP contribution in [0.2, 0.25) is 0 Å². The Morgan fingerprint density at radius 1 is 0.806 bits per heavy atom. The predicted molar refractivity (Wildman–Crippen MR) is 122 cm³/mol. The molecule has 0 amide bonds. The third-order valence-corrected chi connectivity index (χ3v) is 5.69. The van der Waals surface area contributed by atoms with E-state index < -0.39 is 0 Å². The molecule has 0 aliphatic heterocycles. The van der Waals surface area contributed by atoms with E-state index >= 15 is 0 Å². The van der Waals surface area contributed by atoms with Gasteiger partial charge >= 0.3 is 0 Å². The van der Waals surface area contributed by atoms with Gasteiger partial charge in [0.25, 0.3) is 0 Å². The van der Waals surface area contributed by atoms with Crippen LogP contribution in [0, 0.1) is 0 Å². The molecule has 0 radical (unpaired) electrons. The SMILES string of the molecule is c1ccc(C(=NOCCc2nnc3sc(-c4ccccc4)nn23)c2ccccc2)cc1. The van der Waals surface area contributed by atoms with Gasteiger partial charge in [0.05, 0.1) is 0 Å². The minimum Gasteiger partial charge on any atom is -0.395 e. The Hall–Kier alpha value is -3.84. The maximum Gasteiger partial charge on any atom is 0.234 e. The van der Waals surface area contributed by atoms with Gasteiger partial charge < -0.3 is 4.84 Å². The fraction of sp³-hybridized carbons (Fsp3) is 0.0833. The fourth-order valence-electron chi connectivity index (χ4n) is 3.22. The van der Waals surface area contributed by atoms with Crippen molar-refractivity contribution in [2.45, 2.75) is 6.42 Å². The monoisotopic (exact) mass is 425 g/mol. The fourth-order valence-corrected chi connectivity index (χ4v) is 4.09. The van der Waals surface area contributed by atoms with Crippen LogP contribution in [0.1, 0.15) is 17.0 Å². The lowest BCUT2D eigenvalue weighted by Gasteiger charge is -2.07. The molecule has 0 N–H and O–H groups in total. The summed E-state index contributed by atoms with van der Waals surface area (Å²) >= 11 is 1.52. The van der Waals surface area contributed by atoms with Crippen LogP contribution >= 0.6 is 11.3 Å². The zero-order valence-electron chi connectivity index (χ0n) is 16.6. The summed E-state index contributed by atoms with van der Waals surface area (Å²) in [5.74, 6) is 0.754. The first-order valence-corrected chi connectivity index (χ1v) is 10.8. The molecule has 0 atom stereocenters. The van der Waals surface area contributed by atoms with Gasteiger partial charge in [0.15, 0.2) is 5.82 Å². The van der Waals surface area contributed by atoms with E-state index in [0.717, 1.165) is 38.2 Å². The Morgan fingerprint density at radius 3 is 2.06 bits per heavy atom. The van der Waals surface area contributed by atoms with E-state index in [1.807, 2.05) is 91.0 Å². The second-order valence-electron chi connectivity index (χ2n) is 6.84. The number of hydrogen-bond donors (Lipinski definition) is 0. The van der Waals surface area contributed by atoms with Gasteiger partial charge in [-0.1, -0.05) is 107 Å². The summed E-state index contributed by atoms with van der Waals surface area (Å²) in [5, 5.41) is 18.5. The molecular weight excluding hydrogens is 406 g/mol. The van der Waals surface area contributed by atoms with Crippen molar-refractivity contribution in [1.29, 1.82) is 0 Å². The first kappa shape index (κ1) is 19.1. The van der Waals surface area contributed by atoms with Gasteiger partial charge in [0, 0.05) is 23.1 Å². The molecule has 5 rings (SSSR count). The lowest BCUT2D eigenvalue weighted by atomic mass is 10.0. The normalized spacial score (nSPS) is 10.8. The topological polar surface area (TPSA) is 64.7 Å². The van der Waals surface area contributed by atoms with Gasteiger partial charge in [-0.25, -0.2) is 0 Å². The molecule has 6 nitrogen and oxygen atoms in total. The summed E-state index contributed by atoms with van der Waals surface area (Å²) in [6, 6.07) is 30.1. The summed E-state index contributed by atoms with van der Waals surface area (Å²) < 4.78 is 1.79. The van der Waals surface area contributed by atoms with Crippen molar-refractivity contribution >= 4 is 22.0 Å². The molecule has 0 bridgehead atoms. The second-order valence-corrected chi connectivity index (χ2v) is 7.79. The highest BCUT2D eigenvalue weighted by Gasteiger charge is 2.13. The van der Waals surface area contributed by atoms with E-state index in [0.29, 0.717) is 13.0 Å². The van der Waals surface area contributed by atoms with E-state index in [1.165, 1.54) is 11.3 Å². The summed E-state index contributed by atoms with van der Waals surface area (Å²) in [7, 11) is 0. The maximum absolute atomic E-state index is 5.70. The summed E-state index contributed by atoms with van der Waals surface area (Å²) in [4.78, 5) is 6.47. The van der Waals surface area contributed by atoms with Crippen molar-refractivity contribution in [3.05, 3.63) is 108 Å². The Labute approximate surface area is 183 Å². The molecule has 0 saturated carbocycles. The highest BCUT2D eigenvalue weighted by Crippen LogP contribution is 2.25. The Kier molecular flexibility index (Phi) is 5.49. The zero-order chi connectivity index (χ0) is 20.9. The van der Waals surface area contributed by atoms with Crippen LogP contribution in [0.3, 0.4) is 0 Å². The van der Waals surface area contributed by atoms with E-state index in [1.54, 1.807) is 4.52 Å². The molecule has 0 aliphatic rings. The highest BCUT2D eigenvalue weighted by atomic mass is 32.1. The average molecular weight is 426 g/mol. The standard InChI is InChI=1S/C24H19N5OS/c1-4-10-18(11-5-1)22(19-12-6-2-7-13-19)28-30-17-16-21-25-26-24-29(21)27-23(31-24)20-14-8-3-9-15-20/h1-15H,16-17H2. The molecule has 0 unspecified atom stereocenters. The summed E-state index contributed by atoms with van der Waals surface area (Å²) in [6.45, 7) is 0.377. The van der Waals surface area contributed by atoms with Gasteiger partial charge in [-0.15, -0.1) is 10.2 Å². The molecule has 0 fully saturated rings. The Balaban J connectivity index is 1.32. The summed E-state index contributed by atoms with van der Waals surface area (Å²) in [5.41, 5.74) is 3.88. The molecule has 0 saturated heterocycles. The summed E-state index contributed by atoms with van der Waals surface area (Å²) in [6.07, 6.45) is 0.555. The van der Waals surface area contributed by atoms with Crippen molar-refractivity contribution in [1.82, 2.24) is 19.8 Å². The molecule has 2 aromatic heterocycles. The number of aromatic nitrogens is 4. The Bertz CT molecular complexity index is 1260. The van der Waals surface area contributed by atoms with E-state index in [2.05, 4.69) is 20.5 Å². The van der Waals surface area contributed by atoms with Crippen molar-refractivity contribution in [3.8, 4) is 10.6 Å². The molecule has 0 aliphatic carbocycles. The largest absolute Gasteiger partial charge is 0.395 e. The zero-order valence-corrected chi connectivity index (χ0v) is 17.4. The first-order valence-electron chi connectivity index (χ1n) is 9.96. The van der Waals surface area contributed by atoms with Gasteiger partial charge in [0.1, 0.15) is 17.3 Å². The van der Waals surface area contributed by atoms with Crippen LogP contribution < -0.4 is 0 Å². The van der Waals surface area contributed by atoms with Crippen LogP contribution in [0.25, 0.3) is 15.5 Å². The van der Waals surface area contributed by atoms with Crippen LogP contribution in [0.15, 0.2) is 96.2 Å². The van der Waals surface area contributed by atoms with Gasteiger partial charge in [-0.05, 0) is 0 Å². The van der Waals surface area contributed by atoms with Crippen LogP contribution in [0.5, 0.6) is 0 Å². The molecule has 31 heavy (non-hydrogen) atoms. The quantitative estimate of drug-likeness (QED) is 0.212. The second kappa shape index (κ2) is 8.89. The van der Waals surface area contributed by atoms with E-state index in [-0.39, 0.29) is 0 Å². The number of rotatable bonds is 7. The van der Waals surface area contributed by atoms with Gasteiger partial charge in [0.2, 0.25) is 4.96 Å². The molecule has 2 heterocycles. The maximum atomic E-state index is 5.70. The molecule has 0 spiro atoms. The number of hydrogen-bond acceptors (Lipinski definition) is 6. The highest BCUT2D eigenvalue weighted by molar-refractivity contribution is 7.19. The molecule has 152 valence electrons. The molecule has 7 heteroatoms. The van der Waals surface area contributed by atoms with Crippen molar-refractivity contribution in [3.63, 3.8) is 0 Å². The van der Waals surface area contributed by atoms with Crippen molar-refractivity contribution in [2.75, 3.05) is 6.61 Å². The lowest BCUT2D eigenvalue weighted by molar-refractivity contribution is 0.146. The van der Waals surface area contributed by atoms with E-state index in [4.69, 9.17) is 4.84 Å². The Morgan fingerprint density at radius 2 is 1.42 bits per heavy atom. The lowest BCUT2D eigenvalue weighted by Crippen LogP contribution is -2.06. The minimum absolute atomic E-state index is 0.377. The van der Waals surface area contributed by atoms with Gasteiger partial charge in [-0.2, -0.15) is 9.61 Å². The number of benzene rings is 3. The van der Waals surface area contributed by atoms with E-state index in [9.17, 15) is 0 Å². The van der Waals surface area contributed by atoms with Crippen molar-refractivity contribution < 1.29 is 4.84 Å². The smallest absolute Gasteiger partial charge is 0.234 e. The third kappa shape index (κ3) is 4.22. The first-order chi connectivity index (χ1) is 15.4. The van der Waals surface area contributed by atoms with Crippen molar-refractivity contribution in [2.24, 2.45) is 5.16 Å². The van der Waals surface area contributed by atoms with Crippen LogP contribution in [-0.4, -0.2) is 32.1 Å². The number of fused-ring (bicyclic) bond motifs is 1. The molecule has 3 aromatic carbocycles. The third-order valence-electron chi connectivity index (χ3n) is 4.74. The average Bonchev–Trinajstić information content (AvgIpc) is 3.42. The van der Waals surface area contributed by atoms with Crippen LogP contribution in [0.4, 0.5) is 0 Å². The number of oxime groups is 1. The van der Waals surface area contributed by atoms with Gasteiger partial charge in [-0.3, -0.25) is 0 Å². The van der Waals surface area contributed by atoms with Crippen LogP contribution in [-0.2, 0) is 11.3 Å².